The van der Waals surface area contributed by atoms with E-state index in [1.165, 1.54) is 12.8 Å². The summed E-state index contributed by atoms with van der Waals surface area (Å²) in [6.45, 7) is 2.68. The van der Waals surface area contributed by atoms with E-state index in [9.17, 15) is 9.59 Å². The molecule has 2 amide bonds. The maximum absolute atomic E-state index is 12.3. The Morgan fingerprint density at radius 3 is 2.42 bits per heavy atom. The van der Waals surface area contributed by atoms with Gasteiger partial charge < -0.3 is 15.3 Å². The van der Waals surface area contributed by atoms with E-state index in [1.54, 1.807) is 0 Å². The van der Waals surface area contributed by atoms with Gasteiger partial charge in [-0.05, 0) is 32.6 Å². The normalized spacial score (nSPS) is 27.4. The summed E-state index contributed by atoms with van der Waals surface area (Å²) in [6.07, 6.45) is 6.88. The van der Waals surface area contributed by atoms with E-state index >= 15 is 0 Å². The van der Waals surface area contributed by atoms with Crippen molar-refractivity contribution in [2.24, 2.45) is 5.92 Å². The van der Waals surface area contributed by atoms with Crippen LogP contribution in [0, 0.1) is 5.92 Å². The lowest BCUT2D eigenvalue weighted by Crippen LogP contribution is -2.50. The number of amides is 2. The average Bonchev–Trinajstić information content (AvgIpc) is 3.00. The fourth-order valence-electron chi connectivity index (χ4n) is 3.45. The van der Waals surface area contributed by atoms with Crippen LogP contribution in [-0.2, 0) is 4.79 Å². The highest BCUT2D eigenvalue weighted by Crippen LogP contribution is 2.27. The molecule has 2 aliphatic carbocycles. The molecule has 0 bridgehead atoms. The fourth-order valence-corrected chi connectivity index (χ4v) is 3.45. The molecular weight excluding hydrogens is 244 g/mol. The van der Waals surface area contributed by atoms with Crippen molar-refractivity contribution in [2.45, 2.75) is 64.0 Å². The van der Waals surface area contributed by atoms with Crippen LogP contribution in [0.15, 0.2) is 0 Å². The number of nitrogens with one attached hydrogen (secondary N) is 1. The van der Waals surface area contributed by atoms with Crippen molar-refractivity contribution in [1.29, 1.82) is 0 Å². The smallest absolute Gasteiger partial charge is 0.317 e. The Morgan fingerprint density at radius 2 is 1.84 bits per heavy atom. The maximum Gasteiger partial charge on any atom is 0.317 e. The number of hydrogen-bond donors (Lipinski definition) is 2. The number of rotatable bonds is 4. The number of urea groups is 1. The van der Waals surface area contributed by atoms with E-state index in [0.29, 0.717) is 19.0 Å². The predicted octanol–water partition coefficient (Wildman–Crippen LogP) is 2.21. The second kappa shape index (κ2) is 6.26. The Kier molecular flexibility index (Phi) is 4.66. The van der Waals surface area contributed by atoms with Crippen LogP contribution in [0.5, 0.6) is 0 Å². The van der Waals surface area contributed by atoms with Gasteiger partial charge in [-0.3, -0.25) is 4.79 Å². The minimum Gasteiger partial charge on any atom is -0.481 e. The summed E-state index contributed by atoms with van der Waals surface area (Å²) in [6, 6.07) is 0.0719. The van der Waals surface area contributed by atoms with Crippen LogP contribution in [0.4, 0.5) is 4.79 Å². The molecule has 0 radical (unpaired) electrons. The molecule has 2 N–H and O–H groups in total. The van der Waals surface area contributed by atoms with E-state index in [0.717, 1.165) is 25.7 Å². The highest BCUT2D eigenvalue weighted by Gasteiger charge is 2.35. The van der Waals surface area contributed by atoms with Crippen LogP contribution >= 0.6 is 0 Å². The van der Waals surface area contributed by atoms with Crippen molar-refractivity contribution < 1.29 is 14.7 Å². The fraction of sp³-hybridized carbons (Fsp3) is 0.857. The Morgan fingerprint density at radius 1 is 1.16 bits per heavy atom. The van der Waals surface area contributed by atoms with Gasteiger partial charge in [0.05, 0.1) is 5.92 Å². The average molecular weight is 268 g/mol. The van der Waals surface area contributed by atoms with Gasteiger partial charge in [0.25, 0.3) is 0 Å². The predicted molar refractivity (Wildman–Crippen MR) is 71.9 cm³/mol. The van der Waals surface area contributed by atoms with Crippen LogP contribution < -0.4 is 5.32 Å². The molecule has 0 aromatic rings. The van der Waals surface area contributed by atoms with Crippen LogP contribution in [0.25, 0.3) is 0 Å². The van der Waals surface area contributed by atoms with Gasteiger partial charge in [-0.1, -0.05) is 19.3 Å². The summed E-state index contributed by atoms with van der Waals surface area (Å²) in [7, 11) is 0. The lowest BCUT2D eigenvalue weighted by Gasteiger charge is -2.30. The van der Waals surface area contributed by atoms with Gasteiger partial charge in [0.1, 0.15) is 0 Å². The molecule has 0 saturated heterocycles. The number of carbonyl (C=O) groups excluding carboxylic acids is 1. The number of aliphatic carboxylic acids is 1. The number of carbonyl (C=O) groups is 2. The van der Waals surface area contributed by atoms with Crippen molar-refractivity contribution in [1.82, 2.24) is 10.2 Å². The van der Waals surface area contributed by atoms with E-state index in [1.807, 2.05) is 11.8 Å². The summed E-state index contributed by atoms with van der Waals surface area (Å²) >= 11 is 0. The maximum atomic E-state index is 12.3. The molecule has 5 heteroatoms. The second-order valence-electron chi connectivity index (χ2n) is 5.66. The monoisotopic (exact) mass is 268 g/mol. The summed E-state index contributed by atoms with van der Waals surface area (Å²) in [5.74, 6) is -1.20. The molecule has 5 nitrogen and oxygen atoms in total. The van der Waals surface area contributed by atoms with Gasteiger partial charge >= 0.3 is 12.0 Å². The van der Waals surface area contributed by atoms with Gasteiger partial charge in [0.15, 0.2) is 0 Å². The molecule has 2 fully saturated rings. The Bertz CT molecular complexity index is 340. The molecule has 0 aromatic heterocycles. The van der Waals surface area contributed by atoms with Crippen molar-refractivity contribution >= 4 is 12.0 Å². The first-order valence-electron chi connectivity index (χ1n) is 7.43. The highest BCUT2D eigenvalue weighted by molar-refractivity contribution is 5.77. The Balaban J connectivity index is 1.93. The standard InChI is InChI=1S/C14H24N2O3/c1-2-16(10-6-3-4-7-10)14(19)15-12-9-5-8-11(12)13(17)18/h10-12H,2-9H2,1H3,(H,15,19)(H,17,18). The number of nitrogens with zero attached hydrogens (tertiary/aromatic N) is 1. The van der Waals surface area contributed by atoms with Crippen LogP contribution in [0.2, 0.25) is 0 Å². The SMILES string of the molecule is CCN(C(=O)NC1CCCC1C(=O)O)C1CCCC1. The van der Waals surface area contributed by atoms with Crippen LogP contribution in [0.3, 0.4) is 0 Å². The Hall–Kier alpha value is -1.26. The lowest BCUT2D eigenvalue weighted by atomic mass is 10.0. The first kappa shape index (κ1) is 14.2. The van der Waals surface area contributed by atoms with Crippen molar-refractivity contribution in [2.75, 3.05) is 6.54 Å². The topological polar surface area (TPSA) is 69.6 Å². The lowest BCUT2D eigenvalue weighted by molar-refractivity contribution is -0.142. The molecular formula is C14H24N2O3. The van der Waals surface area contributed by atoms with Crippen molar-refractivity contribution in [3.63, 3.8) is 0 Å². The van der Waals surface area contributed by atoms with Gasteiger partial charge in [-0.2, -0.15) is 0 Å². The molecule has 2 rings (SSSR count). The van der Waals surface area contributed by atoms with E-state index in [-0.39, 0.29) is 12.1 Å². The van der Waals surface area contributed by atoms with Crippen molar-refractivity contribution in [3.05, 3.63) is 0 Å². The summed E-state index contributed by atoms with van der Waals surface area (Å²) in [5.41, 5.74) is 0. The third-order valence-electron chi connectivity index (χ3n) is 4.51. The largest absolute Gasteiger partial charge is 0.481 e. The molecule has 2 unspecified atom stereocenters. The summed E-state index contributed by atoms with van der Waals surface area (Å²) in [5, 5.41) is 12.1. The zero-order valence-corrected chi connectivity index (χ0v) is 11.6. The number of carboxylic acid groups (broad SMARTS) is 1. The Labute approximate surface area is 114 Å². The second-order valence-corrected chi connectivity index (χ2v) is 5.66. The van der Waals surface area contributed by atoms with Crippen LogP contribution in [-0.4, -0.2) is 40.6 Å². The van der Waals surface area contributed by atoms with Gasteiger partial charge in [0.2, 0.25) is 0 Å². The van der Waals surface area contributed by atoms with Gasteiger partial charge in [-0.25, -0.2) is 4.79 Å². The molecule has 0 aliphatic heterocycles. The molecule has 0 aromatic carbocycles. The first-order chi connectivity index (χ1) is 9.13. The molecule has 0 spiro atoms. The van der Waals surface area contributed by atoms with E-state index in [2.05, 4.69) is 5.32 Å². The van der Waals surface area contributed by atoms with E-state index < -0.39 is 11.9 Å². The molecule has 108 valence electrons. The minimum atomic E-state index is -0.785. The molecule has 0 heterocycles. The molecule has 19 heavy (non-hydrogen) atoms. The quantitative estimate of drug-likeness (QED) is 0.821. The third-order valence-corrected chi connectivity index (χ3v) is 4.51. The van der Waals surface area contributed by atoms with E-state index in [4.69, 9.17) is 5.11 Å². The van der Waals surface area contributed by atoms with Gasteiger partial charge in [-0.15, -0.1) is 0 Å². The first-order valence-corrected chi connectivity index (χ1v) is 7.43. The molecule has 2 aliphatic rings. The highest BCUT2D eigenvalue weighted by atomic mass is 16.4. The number of hydrogen-bond acceptors (Lipinski definition) is 2. The zero-order valence-electron chi connectivity index (χ0n) is 11.6. The molecule has 2 atom stereocenters. The summed E-state index contributed by atoms with van der Waals surface area (Å²) < 4.78 is 0. The van der Waals surface area contributed by atoms with Gasteiger partial charge in [0, 0.05) is 18.6 Å². The summed E-state index contributed by atoms with van der Waals surface area (Å²) in [4.78, 5) is 25.3. The number of carboxylic acids is 1. The minimum absolute atomic E-state index is 0.0763. The molecule has 2 saturated carbocycles. The van der Waals surface area contributed by atoms with Crippen LogP contribution in [0.1, 0.15) is 51.9 Å². The zero-order chi connectivity index (χ0) is 13.8. The third kappa shape index (κ3) is 3.19. The van der Waals surface area contributed by atoms with Crippen molar-refractivity contribution in [3.8, 4) is 0 Å².